The maximum absolute atomic E-state index is 10.6. The van der Waals surface area contributed by atoms with Crippen LogP contribution < -0.4 is 17.0 Å². The number of nitrogen functional groups attached to an aromatic ring is 2. The first-order valence-electron chi connectivity index (χ1n) is 8.21. The van der Waals surface area contributed by atoms with Crippen LogP contribution in [0, 0.1) is 13.8 Å². The lowest BCUT2D eigenvalue weighted by molar-refractivity contribution is 0.446. The first-order chi connectivity index (χ1) is 12.7. The van der Waals surface area contributed by atoms with Crippen molar-refractivity contribution in [3.63, 3.8) is 0 Å². The first-order valence-corrected chi connectivity index (χ1v) is 8.21. The van der Waals surface area contributed by atoms with Crippen LogP contribution in [0.5, 0.6) is 17.4 Å². The van der Waals surface area contributed by atoms with Crippen molar-refractivity contribution in [2.45, 2.75) is 20.3 Å². The first kappa shape index (κ1) is 19.7. The third-order valence-electron chi connectivity index (χ3n) is 4.12. The Hall–Kier alpha value is -3.61. The number of nitrogens with two attached hydrogens (primary N) is 2. The summed E-state index contributed by atoms with van der Waals surface area (Å²) in [5.74, 6) is 0.270. The van der Waals surface area contributed by atoms with Gasteiger partial charge in [-0.15, -0.1) is 0 Å². The minimum absolute atomic E-state index is 0.0370. The van der Waals surface area contributed by atoms with Gasteiger partial charge in [0.25, 0.3) is 5.56 Å². The molecule has 142 valence electrons. The van der Waals surface area contributed by atoms with Crippen LogP contribution in [0.4, 0.5) is 11.4 Å². The molecule has 7 nitrogen and oxygen atoms in total. The molecule has 3 rings (SSSR count). The Morgan fingerprint density at radius 1 is 0.852 bits per heavy atom. The molecule has 0 saturated heterocycles. The minimum atomic E-state index is -0.263. The van der Waals surface area contributed by atoms with Crippen LogP contribution in [-0.2, 0) is 6.42 Å². The molecule has 0 unspecified atom stereocenters. The van der Waals surface area contributed by atoms with E-state index in [2.05, 4.69) is 4.98 Å². The summed E-state index contributed by atoms with van der Waals surface area (Å²) in [4.78, 5) is 12.9. The summed E-state index contributed by atoms with van der Waals surface area (Å²) in [5.41, 5.74) is 15.0. The standard InChI is InChI=1S/C13H14N2O2.C7H9NO2/c14-10-1-3-12(16)8(6-10)5-9-7-11(15)2-4-13(9)17;1-4-3-6(9)8-7(10)5(4)2/h1-4,6-7,16-17H,5,14-15H2;3H,1-2H3,(H2,8,9,10). The summed E-state index contributed by atoms with van der Waals surface area (Å²) in [7, 11) is 0. The van der Waals surface area contributed by atoms with Crippen LogP contribution in [0.15, 0.2) is 47.3 Å². The Balaban J connectivity index is 0.000000223. The van der Waals surface area contributed by atoms with Gasteiger partial charge in [-0.1, -0.05) is 0 Å². The SMILES string of the molecule is Cc1cc(=O)[nH]c(O)c1C.Nc1ccc(O)c(Cc2cc(N)ccc2O)c1. The largest absolute Gasteiger partial charge is 0.508 e. The maximum atomic E-state index is 10.6. The lowest BCUT2D eigenvalue weighted by Crippen LogP contribution is -2.05. The molecule has 3 aromatic rings. The molecule has 0 atom stereocenters. The van der Waals surface area contributed by atoms with Crippen molar-refractivity contribution in [3.05, 3.63) is 75.1 Å². The Bertz CT molecular complexity index is 937. The molecule has 0 aliphatic carbocycles. The van der Waals surface area contributed by atoms with Crippen LogP contribution >= 0.6 is 0 Å². The summed E-state index contributed by atoms with van der Waals surface area (Å²) in [5, 5.41) is 28.4. The molecule has 0 aliphatic heterocycles. The van der Waals surface area contributed by atoms with E-state index in [1.54, 1.807) is 38.1 Å². The molecule has 0 fully saturated rings. The fourth-order valence-electron chi connectivity index (χ4n) is 2.44. The van der Waals surface area contributed by atoms with Crippen molar-refractivity contribution >= 4 is 11.4 Å². The molecule has 8 N–H and O–H groups in total. The number of benzene rings is 2. The van der Waals surface area contributed by atoms with Gasteiger partial charge < -0.3 is 26.8 Å². The van der Waals surface area contributed by atoms with Gasteiger partial charge in [0.2, 0.25) is 0 Å². The summed E-state index contributed by atoms with van der Waals surface area (Å²) >= 11 is 0. The van der Waals surface area contributed by atoms with Crippen molar-refractivity contribution in [3.8, 4) is 17.4 Å². The molecule has 1 heterocycles. The predicted molar refractivity (Wildman–Crippen MR) is 106 cm³/mol. The molecule has 0 radical (unpaired) electrons. The number of nitrogens with one attached hydrogen (secondary N) is 1. The van der Waals surface area contributed by atoms with E-state index in [9.17, 15) is 15.0 Å². The number of aromatic nitrogens is 1. The van der Waals surface area contributed by atoms with E-state index in [0.717, 1.165) is 11.1 Å². The summed E-state index contributed by atoms with van der Waals surface area (Å²) in [6, 6.07) is 11.1. The second-order valence-electron chi connectivity index (χ2n) is 6.24. The number of anilines is 2. The van der Waals surface area contributed by atoms with Gasteiger partial charge in [0, 0.05) is 40.6 Å². The maximum Gasteiger partial charge on any atom is 0.250 e. The number of pyridine rings is 1. The van der Waals surface area contributed by atoms with Crippen molar-refractivity contribution in [1.29, 1.82) is 0 Å². The van der Waals surface area contributed by atoms with Gasteiger partial charge in [0.15, 0.2) is 5.88 Å². The van der Waals surface area contributed by atoms with E-state index in [1.165, 1.54) is 18.2 Å². The van der Waals surface area contributed by atoms with Crippen molar-refractivity contribution in [1.82, 2.24) is 4.98 Å². The lowest BCUT2D eigenvalue weighted by atomic mass is 10.0. The van der Waals surface area contributed by atoms with E-state index >= 15 is 0 Å². The van der Waals surface area contributed by atoms with Gasteiger partial charge in [-0.3, -0.25) is 9.78 Å². The van der Waals surface area contributed by atoms with Gasteiger partial charge >= 0.3 is 0 Å². The zero-order chi connectivity index (χ0) is 20.1. The smallest absolute Gasteiger partial charge is 0.250 e. The number of aromatic hydroxyl groups is 3. The molecule has 7 heteroatoms. The van der Waals surface area contributed by atoms with Gasteiger partial charge in [-0.05, 0) is 55.8 Å². The number of aromatic amines is 1. The van der Waals surface area contributed by atoms with Gasteiger partial charge in [0.1, 0.15) is 11.5 Å². The normalized spacial score (nSPS) is 10.1. The summed E-state index contributed by atoms with van der Waals surface area (Å²) in [6.45, 7) is 3.53. The van der Waals surface area contributed by atoms with Crippen molar-refractivity contribution < 1.29 is 15.3 Å². The van der Waals surface area contributed by atoms with E-state index < -0.39 is 0 Å². The number of phenolic OH excluding ortho intramolecular Hbond substituents is 2. The Morgan fingerprint density at radius 3 is 1.78 bits per heavy atom. The van der Waals surface area contributed by atoms with E-state index in [0.29, 0.717) is 28.9 Å². The zero-order valence-corrected chi connectivity index (χ0v) is 15.2. The lowest BCUT2D eigenvalue weighted by Gasteiger charge is -2.08. The van der Waals surface area contributed by atoms with Crippen LogP contribution in [-0.4, -0.2) is 20.3 Å². The second-order valence-corrected chi connectivity index (χ2v) is 6.24. The van der Waals surface area contributed by atoms with E-state index in [1.807, 2.05) is 0 Å². The quantitative estimate of drug-likeness (QED) is 0.302. The van der Waals surface area contributed by atoms with Crippen molar-refractivity contribution in [2.24, 2.45) is 0 Å². The fourth-order valence-corrected chi connectivity index (χ4v) is 2.44. The number of phenols is 2. The Kier molecular flexibility index (Phi) is 5.97. The molecule has 0 amide bonds. The Labute approximate surface area is 156 Å². The van der Waals surface area contributed by atoms with Crippen LogP contribution in [0.3, 0.4) is 0 Å². The number of hydrogen-bond donors (Lipinski definition) is 6. The number of aryl methyl sites for hydroxylation is 1. The number of hydrogen-bond acceptors (Lipinski definition) is 6. The average Bonchev–Trinajstić information content (AvgIpc) is 2.59. The topological polar surface area (TPSA) is 146 Å². The third kappa shape index (κ3) is 5.18. The molecule has 2 aromatic carbocycles. The number of H-pyrrole nitrogens is 1. The number of rotatable bonds is 2. The average molecular weight is 369 g/mol. The molecule has 0 bridgehead atoms. The predicted octanol–water partition coefficient (Wildman–Crippen LogP) is 2.55. The zero-order valence-electron chi connectivity index (χ0n) is 15.2. The Morgan fingerprint density at radius 2 is 1.33 bits per heavy atom. The third-order valence-corrected chi connectivity index (χ3v) is 4.12. The van der Waals surface area contributed by atoms with E-state index in [-0.39, 0.29) is 22.9 Å². The highest BCUT2D eigenvalue weighted by atomic mass is 16.3. The monoisotopic (exact) mass is 369 g/mol. The van der Waals surface area contributed by atoms with Crippen LogP contribution in [0.1, 0.15) is 22.3 Å². The molecule has 27 heavy (non-hydrogen) atoms. The molecule has 1 aromatic heterocycles. The summed E-state index contributed by atoms with van der Waals surface area (Å²) in [6.07, 6.45) is 0.383. The molecule has 0 saturated carbocycles. The molecular weight excluding hydrogens is 346 g/mol. The van der Waals surface area contributed by atoms with Gasteiger partial charge in [-0.2, -0.15) is 0 Å². The molecular formula is C20H23N3O4. The van der Waals surface area contributed by atoms with Crippen LogP contribution in [0.25, 0.3) is 0 Å². The highest BCUT2D eigenvalue weighted by Crippen LogP contribution is 2.27. The highest BCUT2D eigenvalue weighted by Gasteiger charge is 2.07. The summed E-state index contributed by atoms with van der Waals surface area (Å²) < 4.78 is 0. The second kappa shape index (κ2) is 8.18. The van der Waals surface area contributed by atoms with E-state index in [4.69, 9.17) is 16.6 Å². The van der Waals surface area contributed by atoms with Gasteiger partial charge in [-0.25, -0.2) is 0 Å². The highest BCUT2D eigenvalue weighted by molar-refractivity contribution is 5.53. The fraction of sp³-hybridized carbons (Fsp3) is 0.150. The molecule has 0 aliphatic rings. The van der Waals surface area contributed by atoms with Crippen LogP contribution in [0.2, 0.25) is 0 Å². The minimum Gasteiger partial charge on any atom is -0.508 e. The molecule has 0 spiro atoms. The van der Waals surface area contributed by atoms with Crippen molar-refractivity contribution in [2.75, 3.05) is 11.5 Å². The van der Waals surface area contributed by atoms with Gasteiger partial charge in [0.05, 0.1) is 0 Å².